The Hall–Kier alpha value is -2.06. The number of hydrogen-bond acceptors (Lipinski definition) is 5. The van der Waals surface area contributed by atoms with Crippen molar-refractivity contribution in [3.05, 3.63) is 76.8 Å². The Balaban J connectivity index is 1.70. The van der Waals surface area contributed by atoms with Crippen molar-refractivity contribution < 1.29 is 0 Å². The van der Waals surface area contributed by atoms with Gasteiger partial charge in [-0.15, -0.1) is 11.3 Å². The van der Waals surface area contributed by atoms with Crippen molar-refractivity contribution in [2.45, 2.75) is 38.3 Å². The van der Waals surface area contributed by atoms with Gasteiger partial charge in [-0.25, -0.2) is 9.78 Å². The van der Waals surface area contributed by atoms with Crippen molar-refractivity contribution in [3.63, 3.8) is 0 Å². The lowest BCUT2D eigenvalue weighted by molar-refractivity contribution is 0.490. The number of hydrogen-bond donors (Lipinski definition) is 2. The number of aromatic nitrogens is 3. The van der Waals surface area contributed by atoms with E-state index in [4.69, 9.17) is 28.8 Å². The highest BCUT2D eigenvalue weighted by Crippen LogP contribution is 2.41. The molecule has 1 aliphatic heterocycles. The zero-order valence-corrected chi connectivity index (χ0v) is 18.8. The minimum Gasteiger partial charge on any atom is -0.312 e. The molecule has 1 saturated heterocycles. The third-order valence-electron chi connectivity index (χ3n) is 5.76. The first kappa shape index (κ1) is 19.9. The Kier molecular flexibility index (Phi) is 5.23. The van der Waals surface area contributed by atoms with Gasteiger partial charge in [-0.05, 0) is 55.6 Å². The lowest BCUT2D eigenvalue weighted by Crippen LogP contribution is -2.33. The van der Waals surface area contributed by atoms with Crippen LogP contribution in [-0.2, 0) is 6.54 Å². The van der Waals surface area contributed by atoms with Crippen molar-refractivity contribution in [1.82, 2.24) is 19.9 Å². The number of H-pyrrole nitrogens is 1. The fourth-order valence-electron chi connectivity index (χ4n) is 4.38. The standard InChI is InChI=1S/C22H21ClN4OS2/c1-12-25-20-18(30-12)7-4-13-9-14(23)5-6-16(13)19(20)17-11-27(22(28)26-21(17)29)10-15-3-2-8-24-15/h4-7,9,11,15,19,24H,2-3,8,10H2,1H3,(H,26,28,29)/t15-,19?/m0/s1. The van der Waals surface area contributed by atoms with Gasteiger partial charge in [0, 0.05) is 29.4 Å². The molecule has 2 atom stereocenters. The number of halogens is 1. The van der Waals surface area contributed by atoms with Gasteiger partial charge in [0.05, 0.1) is 21.5 Å². The number of fused-ring (bicyclic) bond motifs is 2. The minimum absolute atomic E-state index is 0.167. The molecule has 8 heteroatoms. The number of nitrogens with zero attached hydrogens (tertiary/aromatic N) is 2. The maximum Gasteiger partial charge on any atom is 0.326 e. The monoisotopic (exact) mass is 456 g/mol. The molecule has 1 aliphatic carbocycles. The van der Waals surface area contributed by atoms with Crippen LogP contribution >= 0.6 is 35.2 Å². The molecule has 1 aromatic carbocycles. The van der Waals surface area contributed by atoms with Crippen LogP contribution in [0.5, 0.6) is 0 Å². The van der Waals surface area contributed by atoms with Crippen molar-refractivity contribution in [1.29, 1.82) is 0 Å². The van der Waals surface area contributed by atoms with Gasteiger partial charge in [0.25, 0.3) is 0 Å². The van der Waals surface area contributed by atoms with E-state index in [-0.39, 0.29) is 11.6 Å². The fourth-order valence-corrected chi connectivity index (χ4v) is 5.69. The first-order chi connectivity index (χ1) is 14.5. The highest BCUT2D eigenvalue weighted by molar-refractivity contribution is 7.71. The highest BCUT2D eigenvalue weighted by Gasteiger charge is 2.28. The minimum atomic E-state index is -0.171. The van der Waals surface area contributed by atoms with Crippen molar-refractivity contribution in [2.75, 3.05) is 6.54 Å². The molecule has 5 rings (SSSR count). The van der Waals surface area contributed by atoms with Gasteiger partial charge in [0.15, 0.2) is 0 Å². The maximum absolute atomic E-state index is 12.6. The van der Waals surface area contributed by atoms with Gasteiger partial charge >= 0.3 is 5.69 Å². The summed E-state index contributed by atoms with van der Waals surface area (Å²) in [6.07, 6.45) is 8.32. The average molecular weight is 457 g/mol. The second-order valence-corrected chi connectivity index (χ2v) is 9.89. The van der Waals surface area contributed by atoms with Gasteiger partial charge in [0.1, 0.15) is 4.64 Å². The van der Waals surface area contributed by atoms with Gasteiger partial charge in [0.2, 0.25) is 0 Å². The van der Waals surface area contributed by atoms with E-state index in [0.717, 1.165) is 51.7 Å². The molecule has 154 valence electrons. The van der Waals surface area contributed by atoms with Crippen molar-refractivity contribution in [2.24, 2.45) is 0 Å². The predicted molar refractivity (Wildman–Crippen MR) is 125 cm³/mol. The van der Waals surface area contributed by atoms with Gasteiger partial charge in [-0.1, -0.05) is 36.0 Å². The molecule has 0 radical (unpaired) electrons. The van der Waals surface area contributed by atoms with E-state index in [0.29, 0.717) is 22.2 Å². The largest absolute Gasteiger partial charge is 0.326 e. The zero-order valence-electron chi connectivity index (χ0n) is 16.4. The summed E-state index contributed by atoms with van der Waals surface area (Å²) >= 11 is 13.6. The van der Waals surface area contributed by atoms with E-state index in [2.05, 4.69) is 22.5 Å². The summed E-state index contributed by atoms with van der Waals surface area (Å²) in [6, 6.07) is 6.21. The topological polar surface area (TPSA) is 62.7 Å². The molecule has 3 aromatic rings. The summed E-state index contributed by atoms with van der Waals surface area (Å²) in [7, 11) is 0. The molecule has 1 fully saturated rings. The van der Waals surface area contributed by atoms with Crippen LogP contribution in [-0.4, -0.2) is 27.1 Å². The van der Waals surface area contributed by atoms with E-state index >= 15 is 0 Å². The summed E-state index contributed by atoms with van der Waals surface area (Å²) < 4.78 is 2.21. The summed E-state index contributed by atoms with van der Waals surface area (Å²) in [6.45, 7) is 3.64. The lowest BCUT2D eigenvalue weighted by Gasteiger charge is -2.20. The number of benzene rings is 1. The first-order valence-corrected chi connectivity index (χ1v) is 11.6. The van der Waals surface area contributed by atoms with E-state index in [1.165, 1.54) is 0 Å². The van der Waals surface area contributed by atoms with Crippen molar-refractivity contribution >= 4 is 47.3 Å². The molecular formula is C22H21ClN4OS2. The fraction of sp³-hybridized carbons (Fsp3) is 0.318. The Bertz CT molecular complexity index is 1270. The van der Waals surface area contributed by atoms with E-state index in [9.17, 15) is 4.79 Å². The van der Waals surface area contributed by atoms with Crippen LogP contribution in [0.25, 0.3) is 12.2 Å². The SMILES string of the molecule is Cc1nc2c(s1)C=Cc1cc(Cl)ccc1C2c1cn(C[C@@H]2CCCN2)c(=O)[nH]c1=S. The molecule has 2 aliphatic rings. The number of nitrogens with one attached hydrogen (secondary N) is 2. The molecule has 2 N–H and O–H groups in total. The summed E-state index contributed by atoms with van der Waals surface area (Å²) in [5.74, 6) is -0.167. The van der Waals surface area contributed by atoms with Gasteiger partial charge in [-0.2, -0.15) is 0 Å². The summed E-state index contributed by atoms with van der Waals surface area (Å²) in [5, 5.41) is 5.16. The van der Waals surface area contributed by atoms with Gasteiger partial charge < -0.3 is 5.32 Å². The Morgan fingerprint density at radius 2 is 2.20 bits per heavy atom. The molecule has 1 unspecified atom stereocenters. The molecule has 3 heterocycles. The third kappa shape index (κ3) is 3.60. The molecule has 2 aromatic heterocycles. The van der Waals surface area contributed by atoms with Crippen LogP contribution in [0.3, 0.4) is 0 Å². The smallest absolute Gasteiger partial charge is 0.312 e. The predicted octanol–water partition coefficient (Wildman–Crippen LogP) is 4.74. The maximum atomic E-state index is 12.6. The average Bonchev–Trinajstić information content (AvgIpc) is 3.32. The van der Waals surface area contributed by atoms with Crippen LogP contribution in [0.1, 0.15) is 51.0 Å². The summed E-state index contributed by atoms with van der Waals surface area (Å²) in [5.41, 5.74) is 3.82. The van der Waals surface area contributed by atoms with Crippen molar-refractivity contribution in [3.8, 4) is 0 Å². The van der Waals surface area contributed by atoms with Crippen LogP contribution in [0.15, 0.2) is 29.2 Å². The second kappa shape index (κ2) is 7.89. The van der Waals surface area contributed by atoms with E-state index < -0.39 is 0 Å². The first-order valence-electron chi connectivity index (χ1n) is 10.0. The molecule has 5 nitrogen and oxygen atoms in total. The molecule has 0 spiro atoms. The Labute approximate surface area is 188 Å². The molecule has 0 bridgehead atoms. The highest BCUT2D eigenvalue weighted by atomic mass is 35.5. The van der Waals surface area contributed by atoms with E-state index in [1.807, 2.05) is 31.3 Å². The molecule has 0 saturated carbocycles. The Morgan fingerprint density at radius 1 is 1.33 bits per heavy atom. The quantitative estimate of drug-likeness (QED) is 0.437. The van der Waals surface area contributed by atoms with E-state index in [1.54, 1.807) is 15.9 Å². The second-order valence-electron chi connectivity index (χ2n) is 7.81. The number of rotatable bonds is 3. The van der Waals surface area contributed by atoms with Crippen LogP contribution in [0.2, 0.25) is 5.02 Å². The molecule has 0 amide bonds. The van der Waals surface area contributed by atoms with Crippen LogP contribution < -0.4 is 11.0 Å². The number of thiazole rings is 1. The van der Waals surface area contributed by atoms with Gasteiger partial charge in [-0.3, -0.25) is 9.55 Å². The number of aromatic amines is 1. The third-order valence-corrected chi connectivity index (χ3v) is 7.29. The van der Waals surface area contributed by atoms with Crippen LogP contribution in [0.4, 0.5) is 0 Å². The lowest BCUT2D eigenvalue weighted by atomic mass is 9.87. The normalized spacial score (nSPS) is 20.1. The number of aryl methyl sites for hydroxylation is 1. The Morgan fingerprint density at radius 3 is 3.00 bits per heavy atom. The zero-order chi connectivity index (χ0) is 20.8. The van der Waals surface area contributed by atoms with Crippen LogP contribution in [0, 0.1) is 11.6 Å². The summed E-state index contributed by atoms with van der Waals surface area (Å²) in [4.78, 5) is 21.5. The molecule has 30 heavy (non-hydrogen) atoms. The molecular weight excluding hydrogens is 436 g/mol.